The summed E-state index contributed by atoms with van der Waals surface area (Å²) in [6, 6.07) is 10.2. The van der Waals surface area contributed by atoms with Crippen molar-refractivity contribution in [3.05, 3.63) is 66.0 Å². The number of para-hydroxylation sites is 1. The quantitative estimate of drug-likeness (QED) is 0.710. The monoisotopic (exact) mass is 321 g/mol. The number of hydrogen-bond acceptors (Lipinski definition) is 3. The van der Waals surface area contributed by atoms with Crippen molar-refractivity contribution in [2.24, 2.45) is 0 Å². The van der Waals surface area contributed by atoms with E-state index in [4.69, 9.17) is 4.98 Å². The number of hydrogen-bond donors (Lipinski definition) is 1. The summed E-state index contributed by atoms with van der Waals surface area (Å²) in [5.41, 5.74) is 3.50. The van der Waals surface area contributed by atoms with Gasteiger partial charge < -0.3 is 9.88 Å². The normalized spacial score (nSPS) is 13.8. The Kier molecular flexibility index (Phi) is 4.42. The van der Waals surface area contributed by atoms with Crippen molar-refractivity contribution in [2.45, 2.75) is 38.8 Å². The van der Waals surface area contributed by atoms with Gasteiger partial charge in [-0.05, 0) is 25.0 Å². The lowest BCUT2D eigenvalue weighted by Gasteiger charge is -2.11. The molecule has 124 valence electrons. The molecule has 1 aromatic carbocycles. The molecule has 4 rings (SSSR count). The standard InChI is InChI=1S/C19H23N5/c1-2-6-18(7-3-1)24-14-16(13-21-24)12-20-10-9-17-15-23-11-5-4-8-19(23)22-17/h1-3,6-7,13-15,20H,4-5,8-12H2. The first-order valence-corrected chi connectivity index (χ1v) is 8.73. The molecular weight excluding hydrogens is 298 g/mol. The number of fused-ring (bicyclic) bond motifs is 1. The molecule has 0 spiro atoms. The number of nitrogens with one attached hydrogen (secondary N) is 1. The summed E-state index contributed by atoms with van der Waals surface area (Å²) in [4.78, 5) is 4.75. The fourth-order valence-electron chi connectivity index (χ4n) is 3.21. The number of rotatable bonds is 6. The Labute approximate surface area is 142 Å². The molecule has 0 saturated carbocycles. The molecular formula is C19H23N5. The Balaban J connectivity index is 1.27. The van der Waals surface area contributed by atoms with Crippen LogP contribution in [0.4, 0.5) is 0 Å². The van der Waals surface area contributed by atoms with Crippen molar-refractivity contribution in [2.75, 3.05) is 6.54 Å². The van der Waals surface area contributed by atoms with E-state index < -0.39 is 0 Å². The van der Waals surface area contributed by atoms with Crippen LogP contribution in [0.5, 0.6) is 0 Å². The molecule has 0 atom stereocenters. The van der Waals surface area contributed by atoms with E-state index in [2.05, 4.69) is 39.5 Å². The maximum Gasteiger partial charge on any atom is 0.108 e. The predicted octanol–water partition coefficient (Wildman–Crippen LogP) is 2.74. The summed E-state index contributed by atoms with van der Waals surface area (Å²) in [5.74, 6) is 1.26. The van der Waals surface area contributed by atoms with Crippen molar-refractivity contribution in [1.82, 2.24) is 24.6 Å². The number of aryl methyl sites for hydroxylation is 2. The minimum atomic E-state index is 0.834. The smallest absolute Gasteiger partial charge is 0.108 e. The highest BCUT2D eigenvalue weighted by molar-refractivity contribution is 5.30. The summed E-state index contributed by atoms with van der Waals surface area (Å²) in [5, 5.41) is 7.92. The average molecular weight is 321 g/mol. The summed E-state index contributed by atoms with van der Waals surface area (Å²) in [6.07, 6.45) is 10.9. The number of benzene rings is 1. The van der Waals surface area contributed by atoms with Gasteiger partial charge in [-0.3, -0.25) is 0 Å². The summed E-state index contributed by atoms with van der Waals surface area (Å²) < 4.78 is 4.24. The number of nitrogens with zero attached hydrogens (tertiary/aromatic N) is 4. The third kappa shape index (κ3) is 3.41. The van der Waals surface area contributed by atoms with Gasteiger partial charge in [-0.1, -0.05) is 18.2 Å². The van der Waals surface area contributed by atoms with Gasteiger partial charge in [0.1, 0.15) is 5.82 Å². The number of aromatic nitrogens is 4. The highest BCUT2D eigenvalue weighted by atomic mass is 15.3. The predicted molar refractivity (Wildman–Crippen MR) is 94.1 cm³/mol. The molecule has 0 bridgehead atoms. The van der Waals surface area contributed by atoms with Crippen LogP contribution in [0.2, 0.25) is 0 Å². The van der Waals surface area contributed by atoms with E-state index in [1.807, 2.05) is 29.1 Å². The second kappa shape index (κ2) is 7.01. The van der Waals surface area contributed by atoms with Crippen LogP contribution in [0.15, 0.2) is 48.9 Å². The average Bonchev–Trinajstić information content (AvgIpc) is 3.26. The van der Waals surface area contributed by atoms with Gasteiger partial charge in [0.15, 0.2) is 0 Å². The molecule has 0 fully saturated rings. The van der Waals surface area contributed by atoms with Gasteiger partial charge >= 0.3 is 0 Å². The van der Waals surface area contributed by atoms with E-state index in [1.165, 1.54) is 29.9 Å². The van der Waals surface area contributed by atoms with Gasteiger partial charge in [0, 0.05) is 50.4 Å². The fourth-order valence-corrected chi connectivity index (χ4v) is 3.21. The molecule has 0 amide bonds. The maximum absolute atomic E-state index is 4.75. The minimum absolute atomic E-state index is 0.834. The molecule has 5 nitrogen and oxygen atoms in total. The van der Waals surface area contributed by atoms with Crippen LogP contribution in [0.3, 0.4) is 0 Å². The zero-order valence-electron chi connectivity index (χ0n) is 13.9. The van der Waals surface area contributed by atoms with Gasteiger partial charge in [0.25, 0.3) is 0 Å². The molecule has 5 heteroatoms. The van der Waals surface area contributed by atoms with E-state index in [0.29, 0.717) is 0 Å². The molecule has 0 aliphatic carbocycles. The van der Waals surface area contributed by atoms with Gasteiger partial charge in [0.2, 0.25) is 0 Å². The van der Waals surface area contributed by atoms with Gasteiger partial charge in [-0.2, -0.15) is 5.10 Å². The summed E-state index contributed by atoms with van der Waals surface area (Å²) in [7, 11) is 0. The number of imidazole rings is 1. The lowest BCUT2D eigenvalue weighted by molar-refractivity contribution is 0.522. The minimum Gasteiger partial charge on any atom is -0.335 e. The molecule has 24 heavy (non-hydrogen) atoms. The molecule has 0 radical (unpaired) electrons. The Morgan fingerprint density at radius 3 is 2.88 bits per heavy atom. The second-order valence-corrected chi connectivity index (χ2v) is 6.35. The Morgan fingerprint density at radius 2 is 2.00 bits per heavy atom. The Bertz CT molecular complexity index is 764. The van der Waals surface area contributed by atoms with E-state index in [-0.39, 0.29) is 0 Å². The first-order valence-electron chi connectivity index (χ1n) is 8.73. The van der Waals surface area contributed by atoms with E-state index >= 15 is 0 Å². The largest absolute Gasteiger partial charge is 0.335 e. The third-order valence-electron chi connectivity index (χ3n) is 4.50. The highest BCUT2D eigenvalue weighted by Crippen LogP contribution is 2.14. The van der Waals surface area contributed by atoms with Crippen molar-refractivity contribution in [3.8, 4) is 5.69 Å². The van der Waals surface area contributed by atoms with Crippen LogP contribution in [-0.2, 0) is 25.9 Å². The van der Waals surface area contributed by atoms with Crippen LogP contribution in [-0.4, -0.2) is 25.9 Å². The SMILES string of the molecule is c1ccc(-n2cc(CNCCc3cn4c(n3)CCCC4)cn2)cc1. The molecule has 0 saturated heterocycles. The van der Waals surface area contributed by atoms with Crippen LogP contribution < -0.4 is 5.32 Å². The zero-order chi connectivity index (χ0) is 16.2. The molecule has 1 aliphatic heterocycles. The third-order valence-corrected chi connectivity index (χ3v) is 4.50. The van der Waals surface area contributed by atoms with Crippen molar-refractivity contribution in [3.63, 3.8) is 0 Å². The van der Waals surface area contributed by atoms with Crippen LogP contribution in [0.1, 0.15) is 29.9 Å². The van der Waals surface area contributed by atoms with E-state index in [1.54, 1.807) is 0 Å². The molecule has 3 aromatic rings. The molecule has 2 aromatic heterocycles. The summed E-state index contributed by atoms with van der Waals surface area (Å²) in [6.45, 7) is 2.90. The van der Waals surface area contributed by atoms with Crippen LogP contribution in [0, 0.1) is 0 Å². The lowest BCUT2D eigenvalue weighted by Crippen LogP contribution is -2.16. The van der Waals surface area contributed by atoms with Crippen LogP contribution in [0.25, 0.3) is 5.69 Å². The molecule has 1 N–H and O–H groups in total. The molecule has 0 unspecified atom stereocenters. The van der Waals surface area contributed by atoms with Crippen molar-refractivity contribution >= 4 is 0 Å². The lowest BCUT2D eigenvalue weighted by atomic mass is 10.2. The van der Waals surface area contributed by atoms with Gasteiger partial charge in [0.05, 0.1) is 17.6 Å². The first-order chi connectivity index (χ1) is 11.9. The maximum atomic E-state index is 4.75. The van der Waals surface area contributed by atoms with E-state index in [9.17, 15) is 0 Å². The zero-order valence-corrected chi connectivity index (χ0v) is 13.9. The topological polar surface area (TPSA) is 47.7 Å². The summed E-state index contributed by atoms with van der Waals surface area (Å²) >= 11 is 0. The second-order valence-electron chi connectivity index (χ2n) is 6.35. The fraction of sp³-hybridized carbons (Fsp3) is 0.368. The van der Waals surface area contributed by atoms with Crippen molar-refractivity contribution in [1.29, 1.82) is 0 Å². The molecule has 3 heterocycles. The van der Waals surface area contributed by atoms with Crippen LogP contribution >= 0.6 is 0 Å². The Morgan fingerprint density at radius 1 is 1.08 bits per heavy atom. The van der Waals surface area contributed by atoms with Crippen molar-refractivity contribution < 1.29 is 0 Å². The van der Waals surface area contributed by atoms with E-state index in [0.717, 1.165) is 38.2 Å². The first kappa shape index (κ1) is 15.1. The Hall–Kier alpha value is -2.40. The van der Waals surface area contributed by atoms with Gasteiger partial charge in [-0.25, -0.2) is 9.67 Å². The highest BCUT2D eigenvalue weighted by Gasteiger charge is 2.11. The van der Waals surface area contributed by atoms with Gasteiger partial charge in [-0.15, -0.1) is 0 Å². The molecule has 1 aliphatic rings.